The van der Waals surface area contributed by atoms with Crippen LogP contribution in [-0.2, 0) is 23.9 Å². The third-order valence-corrected chi connectivity index (χ3v) is 6.38. The number of carbonyl (C=O) groups is 3. The molecule has 7 nitrogen and oxygen atoms in total. The van der Waals surface area contributed by atoms with E-state index >= 15 is 0 Å². The number of allylic oxidation sites excluding steroid dienone is 3. The Morgan fingerprint density at radius 2 is 1.91 bits per heavy atom. The van der Waals surface area contributed by atoms with Crippen molar-refractivity contribution in [2.75, 3.05) is 13.7 Å². The lowest BCUT2D eigenvalue weighted by molar-refractivity contribution is -0.151. The molecule has 4 atom stereocenters. The maximum absolute atomic E-state index is 13.8. The zero-order valence-corrected chi connectivity index (χ0v) is 20.2. The summed E-state index contributed by atoms with van der Waals surface area (Å²) in [5.41, 5.74) is 2.80. The van der Waals surface area contributed by atoms with E-state index in [1.165, 1.54) is 7.11 Å². The van der Waals surface area contributed by atoms with Gasteiger partial charge in [-0.2, -0.15) is 0 Å². The molecule has 0 radical (unpaired) electrons. The Kier molecular flexibility index (Phi) is 7.61. The van der Waals surface area contributed by atoms with Gasteiger partial charge in [0, 0.05) is 22.5 Å². The van der Waals surface area contributed by atoms with Gasteiger partial charge in [0.2, 0.25) is 0 Å². The van der Waals surface area contributed by atoms with Gasteiger partial charge in [-0.25, -0.2) is 4.79 Å². The number of dihydropyridines is 1. The number of para-hydroxylation sites is 1. The molecule has 1 N–H and O–H groups in total. The third-order valence-electron chi connectivity index (χ3n) is 6.38. The van der Waals surface area contributed by atoms with Crippen LogP contribution >= 0.6 is 0 Å². The van der Waals surface area contributed by atoms with Crippen molar-refractivity contribution >= 4 is 17.7 Å². The van der Waals surface area contributed by atoms with E-state index in [0.717, 1.165) is 5.70 Å². The van der Waals surface area contributed by atoms with Crippen LogP contribution in [0, 0.1) is 11.8 Å². The van der Waals surface area contributed by atoms with Gasteiger partial charge in [0.1, 0.15) is 11.7 Å². The fraction of sp³-hybridized carbons (Fsp3) is 0.500. The van der Waals surface area contributed by atoms with Crippen LogP contribution < -0.4 is 10.1 Å². The average molecular weight is 456 g/mol. The summed E-state index contributed by atoms with van der Waals surface area (Å²) in [5.74, 6) is -2.68. The Morgan fingerprint density at radius 3 is 2.55 bits per heavy atom. The number of benzene rings is 1. The molecule has 0 fully saturated rings. The average Bonchev–Trinajstić information content (AvgIpc) is 2.78. The highest BCUT2D eigenvalue weighted by Crippen LogP contribution is 2.47. The summed E-state index contributed by atoms with van der Waals surface area (Å²) in [7, 11) is 1.28. The van der Waals surface area contributed by atoms with E-state index in [1.807, 2.05) is 58.9 Å². The highest BCUT2D eigenvalue weighted by Gasteiger charge is 2.47. The predicted octanol–water partition coefficient (Wildman–Crippen LogP) is 4.04. The van der Waals surface area contributed by atoms with Gasteiger partial charge in [0.25, 0.3) is 0 Å². The predicted molar refractivity (Wildman–Crippen MR) is 123 cm³/mol. The van der Waals surface area contributed by atoms with E-state index in [2.05, 4.69) is 5.32 Å². The van der Waals surface area contributed by atoms with Crippen LogP contribution in [0.25, 0.3) is 0 Å². The SMILES string of the molecule is CCOc1ccccc1[C@@H]1C(C(=O)O[C@H](C)CC)=C(C)NC2=C1C(=O)[C@H](C(=O)OC)[C@@H](C)C2. The summed E-state index contributed by atoms with van der Waals surface area (Å²) in [4.78, 5) is 39.6. The first-order chi connectivity index (χ1) is 15.7. The number of hydrogen-bond donors (Lipinski definition) is 1. The van der Waals surface area contributed by atoms with Crippen molar-refractivity contribution in [3.05, 3.63) is 52.4 Å². The second-order valence-corrected chi connectivity index (χ2v) is 8.63. The van der Waals surface area contributed by atoms with Gasteiger partial charge in [-0.15, -0.1) is 0 Å². The first kappa shape index (κ1) is 24.6. The summed E-state index contributed by atoms with van der Waals surface area (Å²) in [6.45, 7) is 9.75. The molecule has 1 aliphatic carbocycles. The minimum absolute atomic E-state index is 0.236. The van der Waals surface area contributed by atoms with Crippen LogP contribution in [0.5, 0.6) is 5.75 Å². The third kappa shape index (κ3) is 4.68. The van der Waals surface area contributed by atoms with Gasteiger partial charge in [-0.05, 0) is 45.6 Å². The lowest BCUT2D eigenvalue weighted by Gasteiger charge is -2.38. The summed E-state index contributed by atoms with van der Waals surface area (Å²) in [5, 5.41) is 3.27. The Labute approximate surface area is 195 Å². The highest BCUT2D eigenvalue weighted by atomic mass is 16.5. The van der Waals surface area contributed by atoms with Crippen LogP contribution in [0.1, 0.15) is 58.9 Å². The molecule has 178 valence electrons. The first-order valence-electron chi connectivity index (χ1n) is 11.5. The number of ketones is 1. The molecule has 1 aromatic carbocycles. The summed E-state index contributed by atoms with van der Waals surface area (Å²) < 4.78 is 16.5. The highest BCUT2D eigenvalue weighted by molar-refractivity contribution is 6.12. The second-order valence-electron chi connectivity index (χ2n) is 8.63. The molecular formula is C26H33NO6. The van der Waals surface area contributed by atoms with Gasteiger partial charge < -0.3 is 19.5 Å². The van der Waals surface area contributed by atoms with E-state index in [4.69, 9.17) is 14.2 Å². The Morgan fingerprint density at radius 1 is 1.21 bits per heavy atom. The number of nitrogens with one attached hydrogen (secondary N) is 1. The molecular weight excluding hydrogens is 422 g/mol. The van der Waals surface area contributed by atoms with Crippen molar-refractivity contribution in [2.24, 2.45) is 11.8 Å². The Balaban J connectivity index is 2.21. The van der Waals surface area contributed by atoms with Crippen LogP contribution in [-0.4, -0.2) is 37.5 Å². The number of carbonyl (C=O) groups excluding carboxylic acids is 3. The number of hydrogen-bond acceptors (Lipinski definition) is 7. The molecule has 1 aliphatic heterocycles. The lowest BCUT2D eigenvalue weighted by atomic mass is 9.69. The van der Waals surface area contributed by atoms with Crippen molar-refractivity contribution < 1.29 is 28.6 Å². The molecule has 0 aromatic heterocycles. The standard InChI is InChI=1S/C26H33NO6/c1-7-15(4)33-26(30)21-16(5)27-18-13-14(3)20(25(29)31-6)24(28)23(18)22(21)17-11-9-10-12-19(17)32-8-2/h9-12,14-15,20,22,27H,7-8,13H2,1-6H3/t14-,15+,20+,22+/m0/s1. The molecule has 0 saturated heterocycles. The molecule has 7 heteroatoms. The van der Waals surface area contributed by atoms with Crippen molar-refractivity contribution in [3.63, 3.8) is 0 Å². The van der Waals surface area contributed by atoms with Crippen molar-refractivity contribution in [3.8, 4) is 5.75 Å². The van der Waals surface area contributed by atoms with Gasteiger partial charge in [0.05, 0.1) is 31.3 Å². The van der Waals surface area contributed by atoms with Crippen LogP contribution in [0.4, 0.5) is 0 Å². The fourth-order valence-electron chi connectivity index (χ4n) is 4.60. The minimum atomic E-state index is -0.928. The molecule has 0 spiro atoms. The van der Waals surface area contributed by atoms with E-state index in [1.54, 1.807) is 0 Å². The molecule has 0 saturated carbocycles. The zero-order chi connectivity index (χ0) is 24.3. The van der Waals surface area contributed by atoms with E-state index in [0.29, 0.717) is 47.6 Å². The van der Waals surface area contributed by atoms with Gasteiger partial charge in [-0.3, -0.25) is 9.59 Å². The molecule has 3 rings (SSSR count). The number of esters is 2. The summed E-state index contributed by atoms with van der Waals surface area (Å²) in [6.07, 6.45) is 0.875. The molecule has 1 heterocycles. The van der Waals surface area contributed by atoms with Crippen LogP contribution in [0.15, 0.2) is 46.8 Å². The van der Waals surface area contributed by atoms with Crippen molar-refractivity contribution in [1.29, 1.82) is 0 Å². The van der Waals surface area contributed by atoms with E-state index in [-0.39, 0.29) is 17.8 Å². The largest absolute Gasteiger partial charge is 0.494 e. The van der Waals surface area contributed by atoms with Crippen LogP contribution in [0.3, 0.4) is 0 Å². The van der Waals surface area contributed by atoms with Crippen molar-refractivity contribution in [2.45, 2.75) is 59.5 Å². The maximum atomic E-state index is 13.8. The quantitative estimate of drug-likeness (QED) is 0.490. The van der Waals surface area contributed by atoms with Gasteiger partial charge in [0.15, 0.2) is 5.78 Å². The normalized spacial score (nSPS) is 23.5. The van der Waals surface area contributed by atoms with Gasteiger partial charge >= 0.3 is 11.9 Å². The fourth-order valence-corrected chi connectivity index (χ4v) is 4.60. The Hall–Kier alpha value is -3.09. The molecule has 0 amide bonds. The Bertz CT molecular complexity index is 1010. The van der Waals surface area contributed by atoms with Gasteiger partial charge in [-0.1, -0.05) is 32.0 Å². The topological polar surface area (TPSA) is 90.9 Å². The van der Waals surface area contributed by atoms with Crippen LogP contribution in [0.2, 0.25) is 0 Å². The van der Waals surface area contributed by atoms with E-state index < -0.39 is 23.8 Å². The maximum Gasteiger partial charge on any atom is 0.337 e. The molecule has 2 aliphatic rings. The zero-order valence-electron chi connectivity index (χ0n) is 20.2. The number of rotatable bonds is 7. The second kappa shape index (κ2) is 10.2. The monoisotopic (exact) mass is 455 g/mol. The molecule has 0 unspecified atom stereocenters. The number of ether oxygens (including phenoxy) is 3. The summed E-state index contributed by atoms with van der Waals surface area (Å²) in [6, 6.07) is 7.37. The number of Topliss-reactive ketones (excluding diaryl/α,β-unsaturated/α-hetero) is 1. The smallest absolute Gasteiger partial charge is 0.337 e. The van der Waals surface area contributed by atoms with Crippen molar-refractivity contribution in [1.82, 2.24) is 5.32 Å². The number of methoxy groups -OCH3 is 1. The summed E-state index contributed by atoms with van der Waals surface area (Å²) >= 11 is 0. The lowest BCUT2D eigenvalue weighted by Crippen LogP contribution is -2.43. The first-order valence-corrected chi connectivity index (χ1v) is 11.5. The van der Waals surface area contributed by atoms with E-state index in [9.17, 15) is 14.4 Å². The molecule has 33 heavy (non-hydrogen) atoms. The molecule has 0 bridgehead atoms. The molecule has 1 aromatic rings. The minimum Gasteiger partial charge on any atom is -0.494 e.